The van der Waals surface area contributed by atoms with Crippen LogP contribution in [0.15, 0.2) is 42.5 Å². The fourth-order valence-corrected chi connectivity index (χ4v) is 3.35. The van der Waals surface area contributed by atoms with E-state index in [0.717, 1.165) is 36.2 Å². The van der Waals surface area contributed by atoms with E-state index in [1.807, 2.05) is 25.1 Å². The summed E-state index contributed by atoms with van der Waals surface area (Å²) in [6.07, 6.45) is 1.79. The summed E-state index contributed by atoms with van der Waals surface area (Å²) in [7, 11) is 1.59. The quantitative estimate of drug-likeness (QED) is 0.497. The third-order valence-electron chi connectivity index (χ3n) is 5.07. The van der Waals surface area contributed by atoms with Crippen molar-refractivity contribution in [3.05, 3.63) is 53.9 Å². The van der Waals surface area contributed by atoms with Crippen molar-refractivity contribution < 1.29 is 14.3 Å². The Hall–Kier alpha value is -3.02. The molecule has 2 aromatic carbocycles. The van der Waals surface area contributed by atoms with E-state index in [0.29, 0.717) is 36.1 Å². The molecule has 0 aliphatic carbocycles. The molecule has 0 aliphatic rings. The van der Waals surface area contributed by atoms with Gasteiger partial charge < -0.3 is 19.4 Å². The maximum atomic E-state index is 12.5. The Morgan fingerprint density at radius 2 is 1.97 bits per heavy atom. The van der Waals surface area contributed by atoms with E-state index >= 15 is 0 Å². The minimum atomic E-state index is -0.116. The van der Waals surface area contributed by atoms with Crippen molar-refractivity contribution in [1.82, 2.24) is 14.9 Å². The lowest BCUT2D eigenvalue weighted by Gasteiger charge is -2.13. The summed E-state index contributed by atoms with van der Waals surface area (Å²) in [5.74, 6) is 2.68. The maximum Gasteiger partial charge on any atom is 0.251 e. The van der Waals surface area contributed by atoms with Crippen molar-refractivity contribution >= 4 is 16.9 Å². The first kappa shape index (κ1) is 21.7. The van der Waals surface area contributed by atoms with Crippen LogP contribution >= 0.6 is 0 Å². The van der Waals surface area contributed by atoms with Crippen molar-refractivity contribution in [1.29, 1.82) is 0 Å². The van der Waals surface area contributed by atoms with Gasteiger partial charge in [-0.15, -0.1) is 0 Å². The Morgan fingerprint density at radius 3 is 2.73 bits per heavy atom. The molecule has 6 nitrogen and oxygen atoms in total. The number of ether oxygens (including phenoxy) is 2. The number of amides is 1. The fourth-order valence-electron chi connectivity index (χ4n) is 3.35. The largest absolute Gasteiger partial charge is 0.493 e. The molecule has 1 heterocycles. The Labute approximate surface area is 178 Å². The molecule has 160 valence electrons. The lowest BCUT2D eigenvalue weighted by Crippen LogP contribution is -2.25. The van der Waals surface area contributed by atoms with Gasteiger partial charge in [0.25, 0.3) is 5.91 Å². The van der Waals surface area contributed by atoms with Gasteiger partial charge in [0, 0.05) is 18.7 Å². The van der Waals surface area contributed by atoms with E-state index < -0.39 is 0 Å². The molecule has 1 amide bonds. The number of nitrogens with zero attached hydrogens (tertiary/aromatic N) is 2. The molecular weight excluding hydrogens is 378 g/mol. The standard InChI is InChI=1S/C24H31N3O3/c1-17(2)12-15-30-22-11-10-19(16-23(22)29-4)24(28)25-13-7-14-27-18(3)26-20-8-5-6-9-21(20)27/h5-6,8-11,16-17H,7,12-15H2,1-4H3,(H,25,28). The number of aromatic nitrogens is 2. The van der Waals surface area contributed by atoms with E-state index in [-0.39, 0.29) is 5.91 Å². The first-order chi connectivity index (χ1) is 14.5. The zero-order chi connectivity index (χ0) is 21.5. The second-order valence-electron chi connectivity index (χ2n) is 7.81. The van der Waals surface area contributed by atoms with Gasteiger partial charge in [-0.3, -0.25) is 4.79 Å². The molecule has 0 radical (unpaired) electrons. The lowest BCUT2D eigenvalue weighted by molar-refractivity contribution is 0.0952. The van der Waals surface area contributed by atoms with Crippen LogP contribution in [0.1, 0.15) is 42.9 Å². The van der Waals surface area contributed by atoms with Gasteiger partial charge in [-0.2, -0.15) is 0 Å². The van der Waals surface area contributed by atoms with E-state index in [1.165, 1.54) is 0 Å². The van der Waals surface area contributed by atoms with Crippen molar-refractivity contribution in [2.75, 3.05) is 20.3 Å². The number of hydrogen-bond acceptors (Lipinski definition) is 4. The molecule has 0 atom stereocenters. The number of rotatable bonds is 10. The highest BCUT2D eigenvalue weighted by molar-refractivity contribution is 5.94. The van der Waals surface area contributed by atoms with Crippen molar-refractivity contribution in [2.24, 2.45) is 5.92 Å². The zero-order valence-corrected chi connectivity index (χ0v) is 18.3. The Kier molecular flexibility index (Phi) is 7.33. The van der Waals surface area contributed by atoms with Crippen LogP contribution in [0, 0.1) is 12.8 Å². The first-order valence-electron chi connectivity index (χ1n) is 10.5. The van der Waals surface area contributed by atoms with Gasteiger partial charge in [0.15, 0.2) is 11.5 Å². The summed E-state index contributed by atoms with van der Waals surface area (Å²) in [4.78, 5) is 17.1. The van der Waals surface area contributed by atoms with Crippen molar-refractivity contribution in [3.63, 3.8) is 0 Å². The summed E-state index contributed by atoms with van der Waals surface area (Å²) >= 11 is 0. The van der Waals surface area contributed by atoms with Crippen LogP contribution in [-0.4, -0.2) is 35.7 Å². The smallest absolute Gasteiger partial charge is 0.251 e. The third-order valence-corrected chi connectivity index (χ3v) is 5.07. The number of fused-ring (bicyclic) bond motifs is 1. The Balaban J connectivity index is 1.53. The number of nitrogens with one attached hydrogen (secondary N) is 1. The monoisotopic (exact) mass is 409 g/mol. The minimum absolute atomic E-state index is 0.116. The van der Waals surface area contributed by atoms with E-state index in [9.17, 15) is 4.79 Å². The molecular formula is C24H31N3O3. The van der Waals surface area contributed by atoms with Gasteiger partial charge in [-0.1, -0.05) is 26.0 Å². The second kappa shape index (κ2) is 10.1. The minimum Gasteiger partial charge on any atom is -0.493 e. The Morgan fingerprint density at radius 1 is 1.17 bits per heavy atom. The van der Waals surface area contributed by atoms with Gasteiger partial charge in [-0.05, 0) is 56.0 Å². The van der Waals surface area contributed by atoms with Gasteiger partial charge in [-0.25, -0.2) is 4.98 Å². The molecule has 6 heteroatoms. The van der Waals surface area contributed by atoms with Crippen LogP contribution in [-0.2, 0) is 6.54 Å². The number of carbonyl (C=O) groups is 1. The van der Waals surface area contributed by atoms with Crippen LogP contribution in [0.3, 0.4) is 0 Å². The van der Waals surface area contributed by atoms with Gasteiger partial charge in [0.2, 0.25) is 0 Å². The molecule has 0 saturated heterocycles. The number of aryl methyl sites for hydroxylation is 2. The average molecular weight is 410 g/mol. The van der Waals surface area contributed by atoms with Crippen LogP contribution in [0.4, 0.5) is 0 Å². The summed E-state index contributed by atoms with van der Waals surface area (Å²) in [5, 5.41) is 2.99. The molecule has 0 bridgehead atoms. The van der Waals surface area contributed by atoms with Crippen molar-refractivity contribution in [3.8, 4) is 11.5 Å². The molecule has 0 saturated carbocycles. The number of methoxy groups -OCH3 is 1. The van der Waals surface area contributed by atoms with Gasteiger partial charge >= 0.3 is 0 Å². The summed E-state index contributed by atoms with van der Waals surface area (Å²) in [6, 6.07) is 13.4. The third kappa shape index (κ3) is 5.32. The topological polar surface area (TPSA) is 65.4 Å². The molecule has 1 aromatic heterocycles. The number of benzene rings is 2. The molecule has 0 fully saturated rings. The highest BCUT2D eigenvalue weighted by atomic mass is 16.5. The van der Waals surface area contributed by atoms with E-state index in [1.54, 1.807) is 25.3 Å². The van der Waals surface area contributed by atoms with Gasteiger partial charge in [0.1, 0.15) is 5.82 Å². The Bertz CT molecular complexity index is 995. The summed E-state index contributed by atoms with van der Waals surface area (Å²) < 4.78 is 13.4. The second-order valence-corrected chi connectivity index (χ2v) is 7.81. The number of hydrogen-bond donors (Lipinski definition) is 1. The molecule has 3 aromatic rings. The summed E-state index contributed by atoms with van der Waals surface area (Å²) in [6.45, 7) is 8.34. The van der Waals surface area contributed by atoms with Gasteiger partial charge in [0.05, 0.1) is 24.8 Å². The predicted molar refractivity (Wildman–Crippen MR) is 119 cm³/mol. The SMILES string of the molecule is COc1cc(C(=O)NCCCn2c(C)nc3ccccc32)ccc1OCCC(C)C. The molecule has 3 rings (SSSR count). The highest BCUT2D eigenvalue weighted by Gasteiger charge is 2.12. The molecule has 1 N–H and O–H groups in total. The highest BCUT2D eigenvalue weighted by Crippen LogP contribution is 2.28. The van der Waals surface area contributed by atoms with Crippen LogP contribution in [0.2, 0.25) is 0 Å². The van der Waals surface area contributed by atoms with Crippen LogP contribution < -0.4 is 14.8 Å². The first-order valence-corrected chi connectivity index (χ1v) is 10.5. The van der Waals surface area contributed by atoms with Crippen LogP contribution in [0.25, 0.3) is 11.0 Å². The average Bonchev–Trinajstić information content (AvgIpc) is 3.06. The lowest BCUT2D eigenvalue weighted by atomic mass is 10.1. The fraction of sp³-hybridized carbons (Fsp3) is 0.417. The van der Waals surface area contributed by atoms with Crippen LogP contribution in [0.5, 0.6) is 11.5 Å². The summed E-state index contributed by atoms with van der Waals surface area (Å²) in [5.41, 5.74) is 2.69. The zero-order valence-electron chi connectivity index (χ0n) is 18.3. The van der Waals surface area contributed by atoms with E-state index in [2.05, 4.69) is 34.8 Å². The molecule has 0 unspecified atom stereocenters. The predicted octanol–water partition coefficient (Wildman–Crippen LogP) is 4.60. The van der Waals surface area contributed by atoms with E-state index in [4.69, 9.17) is 9.47 Å². The maximum absolute atomic E-state index is 12.5. The normalized spacial score (nSPS) is 11.1. The number of para-hydroxylation sites is 2. The number of carbonyl (C=O) groups excluding carboxylic acids is 1. The molecule has 0 spiro atoms. The molecule has 30 heavy (non-hydrogen) atoms. The molecule has 0 aliphatic heterocycles. The van der Waals surface area contributed by atoms with Crippen molar-refractivity contribution in [2.45, 2.75) is 40.2 Å². The number of imidazole rings is 1.